The van der Waals surface area contributed by atoms with Gasteiger partial charge in [0, 0.05) is 31.9 Å². The zero-order valence-electron chi connectivity index (χ0n) is 17.4. The second kappa shape index (κ2) is 11.6. The van der Waals surface area contributed by atoms with Gasteiger partial charge in [-0.15, -0.1) is 0 Å². The minimum Gasteiger partial charge on any atom is -0.465 e. The van der Waals surface area contributed by atoms with Crippen LogP contribution in [0, 0.1) is 5.92 Å². The second-order valence-electron chi connectivity index (χ2n) is 7.57. The van der Waals surface area contributed by atoms with Gasteiger partial charge in [-0.25, -0.2) is 0 Å². The SMILES string of the molecule is CCn1nc(CCCOC(=O)C2CCSCC2)c2c1C(=O)NCCCOCCC2. The third-order valence-corrected chi connectivity index (χ3v) is 6.52. The Kier molecular flexibility index (Phi) is 8.86. The van der Waals surface area contributed by atoms with Gasteiger partial charge in [-0.3, -0.25) is 14.3 Å². The van der Waals surface area contributed by atoms with E-state index in [0.29, 0.717) is 45.0 Å². The molecule has 1 N–H and O–H groups in total. The lowest BCUT2D eigenvalue weighted by Gasteiger charge is -2.19. The van der Waals surface area contributed by atoms with Crippen molar-refractivity contribution in [1.82, 2.24) is 15.1 Å². The Hall–Kier alpha value is -1.54. The summed E-state index contributed by atoms with van der Waals surface area (Å²) in [6.07, 6.45) is 5.74. The van der Waals surface area contributed by atoms with Crippen molar-refractivity contribution in [2.45, 2.75) is 58.4 Å². The number of carbonyl (C=O) groups is 2. The summed E-state index contributed by atoms with van der Waals surface area (Å²) in [6, 6.07) is 0. The fourth-order valence-electron chi connectivity index (χ4n) is 3.87. The van der Waals surface area contributed by atoms with Gasteiger partial charge in [0.15, 0.2) is 0 Å². The number of aryl methyl sites for hydroxylation is 2. The molecule has 3 rings (SSSR count). The first-order valence-electron chi connectivity index (χ1n) is 10.9. The van der Waals surface area contributed by atoms with Gasteiger partial charge in [-0.05, 0) is 63.4 Å². The van der Waals surface area contributed by atoms with E-state index in [9.17, 15) is 9.59 Å². The Morgan fingerprint density at radius 1 is 1.31 bits per heavy atom. The molecule has 0 aromatic carbocycles. The molecule has 29 heavy (non-hydrogen) atoms. The van der Waals surface area contributed by atoms with E-state index < -0.39 is 0 Å². The van der Waals surface area contributed by atoms with Crippen molar-refractivity contribution in [3.63, 3.8) is 0 Å². The fraction of sp³-hybridized carbons (Fsp3) is 0.762. The number of esters is 1. The van der Waals surface area contributed by atoms with E-state index in [1.54, 1.807) is 0 Å². The molecule has 0 saturated carbocycles. The number of thioether (sulfide) groups is 1. The van der Waals surface area contributed by atoms with Crippen molar-refractivity contribution < 1.29 is 19.1 Å². The molecule has 1 saturated heterocycles. The Balaban J connectivity index is 1.61. The van der Waals surface area contributed by atoms with Gasteiger partial charge in [0.1, 0.15) is 5.69 Å². The van der Waals surface area contributed by atoms with Crippen LogP contribution in [0.3, 0.4) is 0 Å². The molecule has 0 unspecified atom stereocenters. The lowest BCUT2D eigenvalue weighted by Crippen LogP contribution is -2.28. The van der Waals surface area contributed by atoms with Crippen LogP contribution in [0.5, 0.6) is 0 Å². The highest BCUT2D eigenvalue weighted by atomic mass is 32.2. The van der Waals surface area contributed by atoms with Gasteiger partial charge in [0.2, 0.25) is 0 Å². The first-order valence-corrected chi connectivity index (χ1v) is 12.0. The molecule has 0 atom stereocenters. The summed E-state index contributed by atoms with van der Waals surface area (Å²) < 4.78 is 13.0. The third-order valence-electron chi connectivity index (χ3n) is 5.47. The van der Waals surface area contributed by atoms with E-state index in [0.717, 1.165) is 61.3 Å². The maximum Gasteiger partial charge on any atom is 0.308 e. The highest BCUT2D eigenvalue weighted by Gasteiger charge is 2.24. The van der Waals surface area contributed by atoms with E-state index in [1.807, 2.05) is 23.4 Å². The van der Waals surface area contributed by atoms with Crippen LogP contribution >= 0.6 is 11.8 Å². The van der Waals surface area contributed by atoms with Crippen molar-refractivity contribution in [2.75, 3.05) is 37.9 Å². The lowest BCUT2D eigenvalue weighted by molar-refractivity contribution is -0.148. The molecular weight excluding hydrogens is 390 g/mol. The first-order chi connectivity index (χ1) is 14.2. The third kappa shape index (κ3) is 6.22. The van der Waals surface area contributed by atoms with Crippen LogP contribution in [-0.2, 0) is 33.7 Å². The quantitative estimate of drug-likeness (QED) is 0.559. The van der Waals surface area contributed by atoms with Crippen LogP contribution in [0.1, 0.15) is 60.8 Å². The van der Waals surface area contributed by atoms with Gasteiger partial charge in [0.05, 0.1) is 18.2 Å². The van der Waals surface area contributed by atoms with E-state index in [1.165, 1.54) is 0 Å². The van der Waals surface area contributed by atoms with Gasteiger partial charge >= 0.3 is 5.97 Å². The molecule has 7 nitrogen and oxygen atoms in total. The van der Waals surface area contributed by atoms with Gasteiger partial charge in [-0.2, -0.15) is 16.9 Å². The summed E-state index contributed by atoms with van der Waals surface area (Å²) in [7, 11) is 0. The van der Waals surface area contributed by atoms with E-state index in [2.05, 4.69) is 5.32 Å². The second-order valence-corrected chi connectivity index (χ2v) is 8.80. The molecular formula is C21H33N3O4S. The predicted octanol–water partition coefficient (Wildman–Crippen LogP) is 2.60. The van der Waals surface area contributed by atoms with Gasteiger partial charge < -0.3 is 14.8 Å². The number of hydrogen-bond acceptors (Lipinski definition) is 6. The predicted molar refractivity (Wildman–Crippen MR) is 113 cm³/mol. The Morgan fingerprint density at radius 2 is 2.10 bits per heavy atom. The average molecular weight is 424 g/mol. The van der Waals surface area contributed by atoms with E-state index >= 15 is 0 Å². The van der Waals surface area contributed by atoms with Gasteiger partial charge in [0.25, 0.3) is 5.91 Å². The summed E-state index contributed by atoms with van der Waals surface area (Å²) in [6.45, 7) is 5.05. The van der Waals surface area contributed by atoms with Crippen molar-refractivity contribution >= 4 is 23.6 Å². The lowest BCUT2D eigenvalue weighted by atomic mass is 10.0. The highest BCUT2D eigenvalue weighted by molar-refractivity contribution is 7.99. The summed E-state index contributed by atoms with van der Waals surface area (Å²) in [5.41, 5.74) is 2.65. The molecule has 162 valence electrons. The standard InChI is InChI=1S/C21H33N3O4S/c1-2-24-19-17(6-3-11-27-12-5-10-22-20(19)25)18(23-24)7-4-13-28-21(26)16-8-14-29-15-9-16/h16H,2-15H2,1H3,(H,22,25). The molecule has 0 spiro atoms. The summed E-state index contributed by atoms with van der Waals surface area (Å²) in [5, 5.41) is 7.70. The van der Waals surface area contributed by atoms with Crippen LogP contribution in [0.15, 0.2) is 0 Å². The Labute approximate surface area is 177 Å². The molecule has 0 aliphatic carbocycles. The smallest absolute Gasteiger partial charge is 0.308 e. The van der Waals surface area contributed by atoms with Crippen molar-refractivity contribution in [3.8, 4) is 0 Å². The van der Waals surface area contributed by atoms with Crippen LogP contribution < -0.4 is 5.32 Å². The summed E-state index contributed by atoms with van der Waals surface area (Å²) >= 11 is 1.91. The zero-order chi connectivity index (χ0) is 20.5. The van der Waals surface area contributed by atoms with Crippen LogP contribution in [-0.4, -0.2) is 59.5 Å². The number of hydrogen-bond donors (Lipinski definition) is 1. The summed E-state index contributed by atoms with van der Waals surface area (Å²) in [4.78, 5) is 24.9. The maximum absolute atomic E-state index is 12.7. The normalized spacial score (nSPS) is 19.1. The first kappa shape index (κ1) is 22.2. The van der Waals surface area contributed by atoms with Crippen molar-refractivity contribution in [2.24, 2.45) is 5.92 Å². The molecule has 1 amide bonds. The number of aromatic nitrogens is 2. The fourth-order valence-corrected chi connectivity index (χ4v) is 4.98. The molecule has 2 aliphatic heterocycles. The molecule has 2 aliphatic rings. The topological polar surface area (TPSA) is 82.5 Å². The number of carbonyl (C=O) groups excluding carboxylic acids is 2. The number of fused-ring (bicyclic) bond motifs is 1. The average Bonchev–Trinajstić information content (AvgIpc) is 3.08. The highest BCUT2D eigenvalue weighted by Crippen LogP contribution is 2.24. The molecule has 0 bridgehead atoms. The van der Waals surface area contributed by atoms with Crippen LogP contribution in [0.25, 0.3) is 0 Å². The molecule has 1 aromatic heterocycles. The monoisotopic (exact) mass is 423 g/mol. The van der Waals surface area contributed by atoms with Crippen molar-refractivity contribution in [3.05, 3.63) is 17.0 Å². The van der Waals surface area contributed by atoms with E-state index in [-0.39, 0.29) is 17.8 Å². The Morgan fingerprint density at radius 3 is 2.90 bits per heavy atom. The summed E-state index contributed by atoms with van der Waals surface area (Å²) in [5.74, 6) is 2.05. The minimum atomic E-state index is -0.0554. The zero-order valence-corrected chi connectivity index (χ0v) is 18.2. The van der Waals surface area contributed by atoms with Crippen LogP contribution in [0.2, 0.25) is 0 Å². The molecule has 1 aromatic rings. The maximum atomic E-state index is 12.7. The molecule has 1 fully saturated rings. The number of rotatable bonds is 6. The Bertz CT molecular complexity index is 686. The number of amides is 1. The number of nitrogens with zero attached hydrogens (tertiary/aromatic N) is 2. The van der Waals surface area contributed by atoms with E-state index in [4.69, 9.17) is 14.6 Å². The van der Waals surface area contributed by atoms with Crippen LogP contribution in [0.4, 0.5) is 0 Å². The molecule has 0 radical (unpaired) electrons. The van der Waals surface area contributed by atoms with Crippen molar-refractivity contribution in [1.29, 1.82) is 0 Å². The molecule has 8 heteroatoms. The van der Waals surface area contributed by atoms with Gasteiger partial charge in [-0.1, -0.05) is 0 Å². The number of ether oxygens (including phenoxy) is 2. The minimum absolute atomic E-state index is 0.0518. The molecule has 3 heterocycles. The number of nitrogens with one attached hydrogen (secondary N) is 1. The largest absolute Gasteiger partial charge is 0.465 e.